The van der Waals surface area contributed by atoms with Crippen molar-refractivity contribution in [1.29, 1.82) is 0 Å². The molecule has 3 aromatic rings. The zero-order valence-electron chi connectivity index (χ0n) is 31.0. The molecule has 3 aliphatic rings. The molecule has 53 heavy (non-hydrogen) atoms. The number of benzene rings is 2. The number of hydrogen-bond donors (Lipinski definition) is 1. The molecule has 1 N–H and O–H groups in total. The van der Waals surface area contributed by atoms with Gasteiger partial charge in [0.25, 0.3) is 11.8 Å². The summed E-state index contributed by atoms with van der Waals surface area (Å²) >= 11 is 6.47. The van der Waals surface area contributed by atoms with Crippen LogP contribution in [0.5, 0.6) is 5.75 Å². The van der Waals surface area contributed by atoms with Crippen molar-refractivity contribution in [3.05, 3.63) is 87.7 Å². The van der Waals surface area contributed by atoms with Crippen LogP contribution >= 0.6 is 11.6 Å². The predicted molar refractivity (Wildman–Crippen MR) is 207 cm³/mol. The maximum Gasteiger partial charge on any atom is 0.286 e. The Labute approximate surface area is 317 Å². The van der Waals surface area contributed by atoms with Crippen molar-refractivity contribution in [1.82, 2.24) is 14.5 Å². The van der Waals surface area contributed by atoms with Crippen molar-refractivity contribution in [2.75, 3.05) is 44.6 Å². The summed E-state index contributed by atoms with van der Waals surface area (Å²) in [5.74, 6) is 5.15. The van der Waals surface area contributed by atoms with Gasteiger partial charge in [0, 0.05) is 51.1 Å². The SMILES string of the molecule is COCC#Cc1nn(C)cc1C(=O)NS1(=O)=NC(=O)c2ccc3c(c2)N(Cc2ccc(Cl)cc2CCCCO3)C[C@H](C)[C@H]2C[C@@]2(OC)/C=C/C[C@H](C)C1. The number of rotatable bonds is 4. The van der Waals surface area contributed by atoms with Gasteiger partial charge in [0.15, 0.2) is 0 Å². The molecule has 0 spiro atoms. The number of anilines is 1. The summed E-state index contributed by atoms with van der Waals surface area (Å²) in [6, 6.07) is 11.3. The Morgan fingerprint density at radius 2 is 2.00 bits per heavy atom. The highest BCUT2D eigenvalue weighted by Crippen LogP contribution is 2.53. The first-order valence-electron chi connectivity index (χ1n) is 18.1. The minimum atomic E-state index is -3.64. The molecule has 2 aliphatic heterocycles. The number of amides is 2. The van der Waals surface area contributed by atoms with Gasteiger partial charge in [0.05, 0.1) is 29.2 Å². The van der Waals surface area contributed by atoms with E-state index in [9.17, 15) is 13.8 Å². The summed E-state index contributed by atoms with van der Waals surface area (Å²) in [5, 5.41) is 4.99. The Kier molecular flexibility index (Phi) is 12.0. The smallest absolute Gasteiger partial charge is 0.286 e. The summed E-state index contributed by atoms with van der Waals surface area (Å²) in [7, 11) is 1.29. The molecule has 1 saturated carbocycles. The topological polar surface area (TPSA) is 124 Å². The molecule has 5 atom stereocenters. The van der Waals surface area contributed by atoms with E-state index in [1.807, 2.05) is 19.1 Å². The third-order valence-electron chi connectivity index (χ3n) is 10.2. The van der Waals surface area contributed by atoms with Crippen molar-refractivity contribution < 1.29 is 28.0 Å². The summed E-state index contributed by atoms with van der Waals surface area (Å²) in [4.78, 5) is 30.1. The molecule has 1 unspecified atom stereocenters. The zero-order chi connectivity index (χ0) is 37.8. The third-order valence-corrected chi connectivity index (χ3v) is 12.4. The lowest BCUT2D eigenvalue weighted by atomic mass is 9.98. The van der Waals surface area contributed by atoms with E-state index in [1.165, 1.54) is 23.6 Å². The fourth-order valence-electron chi connectivity index (χ4n) is 7.37. The lowest BCUT2D eigenvalue weighted by Gasteiger charge is -2.31. The number of aryl methyl sites for hydroxylation is 2. The van der Waals surface area contributed by atoms with E-state index in [-0.39, 0.29) is 46.9 Å². The Hall–Kier alpha value is -4.15. The van der Waals surface area contributed by atoms with Crippen LogP contribution in [-0.2, 0) is 39.4 Å². The van der Waals surface area contributed by atoms with Crippen LogP contribution in [-0.4, -0.2) is 71.1 Å². The zero-order valence-corrected chi connectivity index (χ0v) is 32.6. The lowest BCUT2D eigenvalue weighted by molar-refractivity contribution is 0.0971. The fraction of sp³-hybridized carbons (Fsp3) is 0.475. The molecule has 1 aliphatic carbocycles. The second-order valence-corrected chi connectivity index (χ2v) is 16.8. The van der Waals surface area contributed by atoms with Crippen molar-refractivity contribution in [2.45, 2.75) is 58.1 Å². The van der Waals surface area contributed by atoms with Gasteiger partial charge in [-0.2, -0.15) is 5.10 Å². The number of carbonyl (C=O) groups excluding carboxylic acids is 2. The van der Waals surface area contributed by atoms with E-state index in [2.05, 4.69) is 56.1 Å². The highest BCUT2D eigenvalue weighted by Gasteiger charge is 2.55. The second-order valence-electron chi connectivity index (χ2n) is 14.4. The number of allylic oxidation sites excluding steroid dienone is 1. The average Bonchev–Trinajstić information content (AvgIpc) is 3.73. The minimum Gasteiger partial charge on any atom is -0.491 e. The van der Waals surface area contributed by atoms with Gasteiger partial charge in [0.1, 0.15) is 28.0 Å². The van der Waals surface area contributed by atoms with Gasteiger partial charge in [-0.1, -0.05) is 49.6 Å². The molecule has 0 radical (unpaired) electrons. The van der Waals surface area contributed by atoms with E-state index >= 15 is 0 Å². The minimum absolute atomic E-state index is 0.0564. The van der Waals surface area contributed by atoms with Crippen molar-refractivity contribution in [2.24, 2.45) is 29.2 Å². The van der Waals surface area contributed by atoms with E-state index in [0.29, 0.717) is 36.9 Å². The number of carbonyl (C=O) groups is 2. The van der Waals surface area contributed by atoms with Crippen molar-refractivity contribution >= 4 is 39.0 Å². The van der Waals surface area contributed by atoms with Crippen LogP contribution in [0.1, 0.15) is 77.1 Å². The monoisotopic (exact) mass is 761 g/mol. The molecular formula is C40H48ClN5O6S. The number of nitrogens with zero attached hydrogens (tertiary/aromatic N) is 4. The molecule has 0 saturated heterocycles. The number of ether oxygens (including phenoxy) is 3. The molecule has 2 bridgehead atoms. The largest absolute Gasteiger partial charge is 0.491 e. The molecule has 6 rings (SSSR count). The number of halogens is 1. The van der Waals surface area contributed by atoms with Crippen LogP contribution in [0.4, 0.5) is 5.69 Å². The molecule has 3 heterocycles. The number of aromatic nitrogens is 2. The first kappa shape index (κ1) is 38.6. The van der Waals surface area contributed by atoms with E-state index in [1.54, 1.807) is 32.4 Å². The van der Waals surface area contributed by atoms with Crippen molar-refractivity contribution in [3.8, 4) is 17.6 Å². The molecule has 11 nitrogen and oxygen atoms in total. The van der Waals surface area contributed by atoms with Gasteiger partial charge >= 0.3 is 0 Å². The number of fused-ring (bicyclic) bond motifs is 3. The first-order valence-corrected chi connectivity index (χ1v) is 20.1. The maximum atomic E-state index is 14.7. The summed E-state index contributed by atoms with van der Waals surface area (Å²) in [5.41, 5.74) is 3.24. The molecule has 13 heteroatoms. The quantitative estimate of drug-likeness (QED) is 0.240. The Bertz CT molecular complexity index is 2080. The molecule has 282 valence electrons. The summed E-state index contributed by atoms with van der Waals surface area (Å²) in [6.45, 7) is 6.07. The fourth-order valence-corrected chi connectivity index (χ4v) is 9.45. The van der Waals surface area contributed by atoms with Gasteiger partial charge in [-0.05, 0) is 97.2 Å². The summed E-state index contributed by atoms with van der Waals surface area (Å²) in [6.07, 6.45) is 9.77. The number of nitrogens with one attached hydrogen (secondary N) is 1. The number of methoxy groups -OCH3 is 2. The van der Waals surface area contributed by atoms with Crippen molar-refractivity contribution in [3.63, 3.8) is 0 Å². The van der Waals surface area contributed by atoms with Crippen LogP contribution < -0.4 is 14.4 Å². The van der Waals surface area contributed by atoms with Gasteiger partial charge < -0.3 is 19.1 Å². The molecule has 1 aromatic heterocycles. The standard InChI is InChI=1S/C40H48ClN5O6S/c1-27-10-8-17-40(51-5)22-34(40)28(2)23-46-24-31-13-15-32(41)20-29(31)11-6-7-19-52-37-16-14-30(21-36(37)46)38(47)43-53(49,26-27)44-39(48)33-25-45(3)42-35(33)12-9-18-50-4/h8,13-17,20-21,25,27-28,34H,6-7,10-11,18-19,22-24,26H2,1-5H3,(H,43,44,47,48,49)/b17-8+/t27-,28-,34+,40-,53?/m0/s1. The van der Waals surface area contributed by atoms with Gasteiger partial charge in [-0.25, -0.2) is 4.21 Å². The summed E-state index contributed by atoms with van der Waals surface area (Å²) < 4.78 is 40.6. The average molecular weight is 762 g/mol. The molecule has 2 aromatic carbocycles. The Balaban J connectivity index is 1.44. The van der Waals surface area contributed by atoms with Crippen LogP contribution in [0.3, 0.4) is 0 Å². The van der Waals surface area contributed by atoms with Crippen LogP contribution in [0.25, 0.3) is 0 Å². The molecule has 1 fully saturated rings. The molecule has 2 amide bonds. The highest BCUT2D eigenvalue weighted by molar-refractivity contribution is 7.92. The normalized spacial score (nSPS) is 26.6. The number of hydrogen-bond acceptors (Lipinski definition) is 8. The van der Waals surface area contributed by atoms with Gasteiger partial charge in [-0.15, -0.1) is 4.36 Å². The lowest BCUT2D eigenvalue weighted by Crippen LogP contribution is -2.35. The van der Waals surface area contributed by atoms with Crippen LogP contribution in [0.2, 0.25) is 5.02 Å². The van der Waals surface area contributed by atoms with E-state index in [0.717, 1.165) is 36.9 Å². The maximum absolute atomic E-state index is 14.7. The van der Waals surface area contributed by atoms with Gasteiger partial charge in [-0.3, -0.25) is 19.0 Å². The van der Waals surface area contributed by atoms with Gasteiger partial charge in [0.2, 0.25) is 0 Å². The second kappa shape index (κ2) is 16.5. The third kappa shape index (κ3) is 9.15. The van der Waals surface area contributed by atoms with E-state index in [4.69, 9.17) is 25.8 Å². The predicted octanol–water partition coefficient (Wildman–Crippen LogP) is 6.38. The molecular weight excluding hydrogens is 714 g/mol. The Morgan fingerprint density at radius 3 is 2.79 bits per heavy atom. The Morgan fingerprint density at radius 1 is 1.17 bits per heavy atom. The van der Waals surface area contributed by atoms with E-state index < -0.39 is 27.3 Å². The highest BCUT2D eigenvalue weighted by atomic mass is 35.5. The first-order chi connectivity index (χ1) is 25.4. The van der Waals surface area contributed by atoms with Crippen LogP contribution in [0, 0.1) is 29.6 Å². The van der Waals surface area contributed by atoms with Crippen LogP contribution in [0.15, 0.2) is 59.1 Å².